The Kier molecular flexibility index (Phi) is 6.08. The van der Waals surface area contributed by atoms with Gasteiger partial charge in [-0.1, -0.05) is 20.3 Å². The van der Waals surface area contributed by atoms with E-state index in [0.29, 0.717) is 13.2 Å². The lowest BCUT2D eigenvalue weighted by atomic mass is 9.99. The summed E-state index contributed by atoms with van der Waals surface area (Å²) in [6.07, 6.45) is 1.81. The van der Waals surface area contributed by atoms with Gasteiger partial charge >= 0.3 is 12.0 Å². The van der Waals surface area contributed by atoms with Crippen LogP contribution in [0.1, 0.15) is 26.7 Å². The van der Waals surface area contributed by atoms with E-state index in [1.165, 1.54) is 0 Å². The van der Waals surface area contributed by atoms with Crippen molar-refractivity contribution in [1.29, 1.82) is 0 Å². The topological polar surface area (TPSA) is 78.9 Å². The number of carboxylic acids is 1. The van der Waals surface area contributed by atoms with Gasteiger partial charge in [0.2, 0.25) is 0 Å². The van der Waals surface area contributed by atoms with E-state index in [0.717, 1.165) is 12.8 Å². The fraction of sp³-hybridized carbons (Fsp3) is 0.846. The lowest BCUT2D eigenvalue weighted by Crippen LogP contribution is -2.45. The molecular formula is C13H24N2O4. The molecule has 2 N–H and O–H groups in total. The average Bonchev–Trinajstić information content (AvgIpc) is 2.72. The van der Waals surface area contributed by atoms with Crippen molar-refractivity contribution in [2.24, 2.45) is 11.8 Å². The van der Waals surface area contributed by atoms with Crippen molar-refractivity contribution < 1.29 is 19.4 Å². The molecule has 6 nitrogen and oxygen atoms in total. The number of urea groups is 1. The summed E-state index contributed by atoms with van der Waals surface area (Å²) in [7, 11) is 1.60. The van der Waals surface area contributed by atoms with Gasteiger partial charge in [0, 0.05) is 20.2 Å². The first kappa shape index (κ1) is 15.8. The number of amides is 2. The zero-order chi connectivity index (χ0) is 14.4. The SMILES string of the molecule is CCCC(COC)NC(=O)N1CC(C)C(C(=O)O)C1. The largest absolute Gasteiger partial charge is 0.481 e. The summed E-state index contributed by atoms with van der Waals surface area (Å²) in [5, 5.41) is 12.0. The van der Waals surface area contributed by atoms with Crippen molar-refractivity contribution in [3.63, 3.8) is 0 Å². The van der Waals surface area contributed by atoms with Crippen molar-refractivity contribution in [3.05, 3.63) is 0 Å². The highest BCUT2D eigenvalue weighted by atomic mass is 16.5. The molecule has 1 saturated heterocycles. The molecule has 1 aliphatic heterocycles. The van der Waals surface area contributed by atoms with Crippen LogP contribution in [0.4, 0.5) is 4.79 Å². The van der Waals surface area contributed by atoms with Crippen LogP contribution in [0.15, 0.2) is 0 Å². The van der Waals surface area contributed by atoms with E-state index < -0.39 is 11.9 Å². The monoisotopic (exact) mass is 272 g/mol. The lowest BCUT2D eigenvalue weighted by Gasteiger charge is -2.22. The third-order valence-electron chi connectivity index (χ3n) is 3.55. The molecule has 110 valence electrons. The Labute approximate surface area is 114 Å². The van der Waals surface area contributed by atoms with Crippen LogP contribution in [0, 0.1) is 11.8 Å². The fourth-order valence-electron chi connectivity index (χ4n) is 2.47. The molecule has 0 bridgehead atoms. The maximum atomic E-state index is 12.1. The van der Waals surface area contributed by atoms with Crippen LogP contribution in [-0.4, -0.2) is 54.9 Å². The van der Waals surface area contributed by atoms with E-state index in [9.17, 15) is 9.59 Å². The number of methoxy groups -OCH3 is 1. The van der Waals surface area contributed by atoms with Crippen LogP contribution in [0.3, 0.4) is 0 Å². The highest BCUT2D eigenvalue weighted by molar-refractivity contribution is 5.77. The third kappa shape index (κ3) is 4.38. The number of carbonyl (C=O) groups excluding carboxylic acids is 1. The third-order valence-corrected chi connectivity index (χ3v) is 3.55. The molecule has 0 saturated carbocycles. The summed E-state index contributed by atoms with van der Waals surface area (Å²) in [5.41, 5.74) is 0. The number of carbonyl (C=O) groups is 2. The van der Waals surface area contributed by atoms with Crippen LogP contribution in [0.2, 0.25) is 0 Å². The van der Waals surface area contributed by atoms with Crippen LogP contribution in [-0.2, 0) is 9.53 Å². The van der Waals surface area contributed by atoms with Crippen molar-refractivity contribution in [2.45, 2.75) is 32.7 Å². The van der Waals surface area contributed by atoms with Crippen LogP contribution in [0.25, 0.3) is 0 Å². The van der Waals surface area contributed by atoms with Gasteiger partial charge in [-0.25, -0.2) is 4.79 Å². The van der Waals surface area contributed by atoms with Crippen molar-refractivity contribution >= 4 is 12.0 Å². The first-order valence-corrected chi connectivity index (χ1v) is 6.76. The molecule has 0 aromatic heterocycles. The second-order valence-corrected chi connectivity index (χ2v) is 5.22. The number of carboxylic acid groups (broad SMARTS) is 1. The molecule has 0 spiro atoms. The minimum atomic E-state index is -0.829. The van der Waals surface area contributed by atoms with Gasteiger partial charge in [-0.3, -0.25) is 4.79 Å². The predicted octanol–water partition coefficient (Wildman–Crippen LogP) is 1.16. The molecule has 1 heterocycles. The Bertz CT molecular complexity index is 316. The van der Waals surface area contributed by atoms with Gasteiger partial charge < -0.3 is 20.1 Å². The molecule has 3 atom stereocenters. The smallest absolute Gasteiger partial charge is 0.317 e. The zero-order valence-corrected chi connectivity index (χ0v) is 11.9. The number of hydrogen-bond acceptors (Lipinski definition) is 3. The second-order valence-electron chi connectivity index (χ2n) is 5.22. The van der Waals surface area contributed by atoms with Crippen molar-refractivity contribution in [1.82, 2.24) is 10.2 Å². The van der Waals surface area contributed by atoms with E-state index in [-0.39, 0.29) is 24.5 Å². The Morgan fingerprint density at radius 1 is 1.47 bits per heavy atom. The van der Waals surface area contributed by atoms with Gasteiger partial charge in [0.05, 0.1) is 18.6 Å². The molecule has 0 radical (unpaired) electrons. The quantitative estimate of drug-likeness (QED) is 0.760. The Morgan fingerprint density at radius 2 is 2.16 bits per heavy atom. The second kappa shape index (κ2) is 7.33. The summed E-state index contributed by atoms with van der Waals surface area (Å²) >= 11 is 0. The highest BCUT2D eigenvalue weighted by Crippen LogP contribution is 2.23. The van der Waals surface area contributed by atoms with E-state index >= 15 is 0 Å². The molecule has 19 heavy (non-hydrogen) atoms. The van der Waals surface area contributed by atoms with Crippen LogP contribution >= 0.6 is 0 Å². The number of hydrogen-bond donors (Lipinski definition) is 2. The fourth-order valence-corrected chi connectivity index (χ4v) is 2.47. The number of aliphatic carboxylic acids is 1. The van der Waals surface area contributed by atoms with E-state index in [1.54, 1.807) is 12.0 Å². The number of nitrogens with one attached hydrogen (secondary N) is 1. The zero-order valence-electron chi connectivity index (χ0n) is 11.9. The highest BCUT2D eigenvalue weighted by Gasteiger charge is 2.37. The normalized spacial score (nSPS) is 24.3. The Balaban J connectivity index is 2.51. The average molecular weight is 272 g/mol. The van der Waals surface area contributed by atoms with Gasteiger partial charge in [0.25, 0.3) is 0 Å². The molecule has 3 unspecified atom stereocenters. The van der Waals surface area contributed by atoms with E-state index in [1.807, 2.05) is 13.8 Å². The minimum absolute atomic E-state index is 0.00435. The molecule has 0 aromatic carbocycles. The Hall–Kier alpha value is -1.30. The predicted molar refractivity (Wildman–Crippen MR) is 71.0 cm³/mol. The number of nitrogens with zero attached hydrogens (tertiary/aromatic N) is 1. The van der Waals surface area contributed by atoms with Crippen LogP contribution < -0.4 is 5.32 Å². The van der Waals surface area contributed by atoms with Crippen LogP contribution in [0.5, 0.6) is 0 Å². The van der Waals surface area contributed by atoms with E-state index in [2.05, 4.69) is 5.32 Å². The van der Waals surface area contributed by atoms with Crippen molar-refractivity contribution in [2.75, 3.05) is 26.8 Å². The number of rotatable bonds is 6. The summed E-state index contributed by atoms with van der Waals surface area (Å²) in [6, 6.07) is -0.201. The van der Waals surface area contributed by atoms with E-state index in [4.69, 9.17) is 9.84 Å². The number of ether oxygens (including phenoxy) is 1. The molecule has 6 heteroatoms. The minimum Gasteiger partial charge on any atom is -0.481 e. The first-order valence-electron chi connectivity index (χ1n) is 6.76. The summed E-state index contributed by atoms with van der Waals surface area (Å²) in [6.45, 7) is 5.17. The van der Waals surface area contributed by atoms with Gasteiger partial charge in [0.15, 0.2) is 0 Å². The molecular weight excluding hydrogens is 248 g/mol. The molecule has 1 rings (SSSR count). The maximum absolute atomic E-state index is 12.1. The summed E-state index contributed by atoms with van der Waals surface area (Å²) in [4.78, 5) is 24.7. The van der Waals surface area contributed by atoms with Gasteiger partial charge in [-0.15, -0.1) is 0 Å². The lowest BCUT2D eigenvalue weighted by molar-refractivity contribution is -0.142. The first-order chi connectivity index (χ1) is 8.99. The Morgan fingerprint density at radius 3 is 2.63 bits per heavy atom. The molecule has 1 aliphatic rings. The molecule has 1 fully saturated rings. The molecule has 0 aromatic rings. The summed E-state index contributed by atoms with van der Waals surface area (Å²) in [5.74, 6) is -1.29. The summed E-state index contributed by atoms with van der Waals surface area (Å²) < 4.78 is 5.07. The van der Waals surface area contributed by atoms with Gasteiger partial charge in [-0.05, 0) is 12.3 Å². The molecule has 0 aliphatic carbocycles. The number of likely N-dealkylation sites (tertiary alicyclic amines) is 1. The standard InChI is InChI=1S/C13H24N2O4/c1-4-5-10(8-19-3)14-13(18)15-6-9(2)11(7-15)12(16)17/h9-11H,4-8H2,1-3H3,(H,14,18)(H,16,17). The maximum Gasteiger partial charge on any atom is 0.317 e. The van der Waals surface area contributed by atoms with Gasteiger partial charge in [0.1, 0.15) is 0 Å². The molecule has 2 amide bonds. The van der Waals surface area contributed by atoms with Gasteiger partial charge in [-0.2, -0.15) is 0 Å². The van der Waals surface area contributed by atoms with Crippen molar-refractivity contribution in [3.8, 4) is 0 Å².